The molecule has 0 saturated carbocycles. The number of hydrogen-bond acceptors (Lipinski definition) is 4. The number of carbonyl (C=O) groups is 2. The molecule has 7 nitrogen and oxygen atoms in total. The molecule has 0 fully saturated rings. The van der Waals surface area contributed by atoms with Gasteiger partial charge in [0.05, 0.1) is 11.9 Å². The van der Waals surface area contributed by atoms with Gasteiger partial charge in [-0.3, -0.25) is 13.9 Å². The van der Waals surface area contributed by atoms with E-state index >= 15 is 0 Å². The Hall–Kier alpha value is -3.79. The molecule has 0 bridgehead atoms. The Labute approximate surface area is 228 Å². The van der Waals surface area contributed by atoms with Gasteiger partial charge in [-0.2, -0.15) is 0 Å². The zero-order chi connectivity index (χ0) is 28.7. The molecule has 0 aliphatic carbocycles. The Morgan fingerprint density at radius 1 is 0.897 bits per heavy atom. The number of carbonyl (C=O) groups excluding carboxylic acids is 2. The third-order valence-electron chi connectivity index (χ3n) is 6.01. The van der Waals surface area contributed by atoms with Crippen LogP contribution in [0.1, 0.15) is 30.5 Å². The van der Waals surface area contributed by atoms with Gasteiger partial charge >= 0.3 is 0 Å². The zero-order valence-electron chi connectivity index (χ0n) is 22.4. The van der Waals surface area contributed by atoms with Crippen molar-refractivity contribution >= 4 is 27.5 Å². The first-order valence-electron chi connectivity index (χ1n) is 12.5. The van der Waals surface area contributed by atoms with Crippen LogP contribution in [0.3, 0.4) is 0 Å². The van der Waals surface area contributed by atoms with Crippen LogP contribution in [0.4, 0.5) is 14.5 Å². The number of sulfonamides is 1. The molecule has 1 N–H and O–H groups in total. The lowest BCUT2D eigenvalue weighted by Gasteiger charge is -2.34. The summed E-state index contributed by atoms with van der Waals surface area (Å²) in [6.45, 7) is 4.82. The first-order valence-corrected chi connectivity index (χ1v) is 14.3. The topological polar surface area (TPSA) is 86.8 Å². The molecule has 10 heteroatoms. The molecule has 0 heterocycles. The summed E-state index contributed by atoms with van der Waals surface area (Å²) in [4.78, 5) is 28.7. The Balaban J connectivity index is 2.07. The Bertz CT molecular complexity index is 1420. The molecule has 0 saturated heterocycles. The number of halogens is 2. The second-order valence-corrected chi connectivity index (χ2v) is 11.7. The van der Waals surface area contributed by atoms with Crippen molar-refractivity contribution in [3.63, 3.8) is 0 Å². The fraction of sp³-hybridized carbons (Fsp3) is 0.310. The molecule has 1 atom stereocenters. The van der Waals surface area contributed by atoms with Gasteiger partial charge in [-0.05, 0) is 44.0 Å². The van der Waals surface area contributed by atoms with Gasteiger partial charge in [-0.1, -0.05) is 60.2 Å². The SMILES string of the molecule is Cc1cccc(CN(C(=O)CN(c2ccc(F)c(F)c2)S(C)(=O)=O)C(Cc2ccccc2)C(=O)NC(C)C)c1. The van der Waals surface area contributed by atoms with Gasteiger partial charge in [0.1, 0.15) is 12.6 Å². The number of nitrogens with zero attached hydrogens (tertiary/aromatic N) is 2. The number of benzene rings is 3. The van der Waals surface area contributed by atoms with E-state index in [1.165, 1.54) is 4.90 Å². The summed E-state index contributed by atoms with van der Waals surface area (Å²) in [6.07, 6.45) is 1.06. The van der Waals surface area contributed by atoms with Crippen molar-refractivity contribution in [3.05, 3.63) is 101 Å². The Kier molecular flexibility index (Phi) is 9.80. The summed E-state index contributed by atoms with van der Waals surface area (Å²) in [5, 5.41) is 2.87. The van der Waals surface area contributed by atoms with Crippen LogP contribution >= 0.6 is 0 Å². The van der Waals surface area contributed by atoms with Gasteiger partial charge in [0.25, 0.3) is 0 Å². The molecule has 208 valence electrons. The minimum atomic E-state index is -4.08. The Morgan fingerprint density at radius 2 is 1.56 bits per heavy atom. The fourth-order valence-electron chi connectivity index (χ4n) is 4.20. The van der Waals surface area contributed by atoms with E-state index in [1.54, 1.807) is 13.8 Å². The quantitative estimate of drug-likeness (QED) is 0.383. The molecule has 3 aromatic carbocycles. The van der Waals surface area contributed by atoms with E-state index in [9.17, 15) is 26.8 Å². The van der Waals surface area contributed by atoms with Crippen LogP contribution in [0.15, 0.2) is 72.8 Å². The first kappa shape index (κ1) is 29.8. The zero-order valence-corrected chi connectivity index (χ0v) is 23.2. The number of nitrogens with one attached hydrogen (secondary N) is 1. The van der Waals surface area contributed by atoms with Crippen molar-refractivity contribution in [2.45, 2.75) is 45.8 Å². The summed E-state index contributed by atoms with van der Waals surface area (Å²) in [5.41, 5.74) is 2.30. The van der Waals surface area contributed by atoms with Crippen LogP contribution in [0.25, 0.3) is 0 Å². The third-order valence-corrected chi connectivity index (χ3v) is 7.15. The minimum absolute atomic E-state index is 0.0267. The van der Waals surface area contributed by atoms with Crippen molar-refractivity contribution in [1.29, 1.82) is 0 Å². The van der Waals surface area contributed by atoms with E-state index in [0.29, 0.717) is 4.31 Å². The molecular weight excluding hydrogens is 524 g/mol. The lowest BCUT2D eigenvalue weighted by Crippen LogP contribution is -2.54. The lowest BCUT2D eigenvalue weighted by atomic mass is 10.0. The molecule has 0 spiro atoms. The molecule has 3 aromatic rings. The van der Waals surface area contributed by atoms with Crippen LogP contribution in [-0.2, 0) is 32.6 Å². The molecular formula is C29H33F2N3O4S. The highest BCUT2D eigenvalue weighted by atomic mass is 32.2. The first-order chi connectivity index (χ1) is 18.3. The molecule has 2 amide bonds. The van der Waals surface area contributed by atoms with E-state index in [4.69, 9.17) is 0 Å². The maximum absolute atomic E-state index is 14.0. The van der Waals surface area contributed by atoms with E-state index in [-0.39, 0.29) is 24.7 Å². The Morgan fingerprint density at radius 3 is 2.15 bits per heavy atom. The normalized spacial score (nSPS) is 12.2. The van der Waals surface area contributed by atoms with Gasteiger partial charge in [-0.25, -0.2) is 17.2 Å². The van der Waals surface area contributed by atoms with Gasteiger partial charge < -0.3 is 10.2 Å². The highest BCUT2D eigenvalue weighted by molar-refractivity contribution is 7.92. The molecule has 0 radical (unpaired) electrons. The molecule has 0 aliphatic rings. The summed E-state index contributed by atoms with van der Waals surface area (Å²) in [6, 6.07) is 18.0. The number of aryl methyl sites for hydroxylation is 1. The highest BCUT2D eigenvalue weighted by Crippen LogP contribution is 2.22. The van der Waals surface area contributed by atoms with E-state index in [2.05, 4.69) is 5.32 Å². The highest BCUT2D eigenvalue weighted by Gasteiger charge is 2.33. The third kappa shape index (κ3) is 8.35. The predicted octanol–water partition coefficient (Wildman–Crippen LogP) is 4.20. The van der Waals surface area contributed by atoms with Crippen molar-refractivity contribution in [2.75, 3.05) is 17.1 Å². The predicted molar refractivity (Wildman–Crippen MR) is 147 cm³/mol. The van der Waals surface area contributed by atoms with Crippen molar-refractivity contribution < 1.29 is 26.8 Å². The standard InChI is InChI=1S/C29H33F2N3O4S/c1-20(2)32-29(36)27(16-22-10-6-5-7-11-22)33(18-23-12-8-9-21(3)15-23)28(35)19-34(39(4,37)38)24-13-14-25(30)26(31)17-24/h5-15,17,20,27H,16,18-19H2,1-4H3,(H,32,36). The molecule has 3 rings (SSSR count). The largest absolute Gasteiger partial charge is 0.352 e. The summed E-state index contributed by atoms with van der Waals surface area (Å²) in [7, 11) is -4.08. The summed E-state index contributed by atoms with van der Waals surface area (Å²) < 4.78 is 53.7. The van der Waals surface area contributed by atoms with Crippen LogP contribution in [0, 0.1) is 18.6 Å². The van der Waals surface area contributed by atoms with Crippen LogP contribution < -0.4 is 9.62 Å². The fourth-order valence-corrected chi connectivity index (χ4v) is 5.04. The number of anilines is 1. The lowest BCUT2D eigenvalue weighted by molar-refractivity contribution is -0.140. The van der Waals surface area contributed by atoms with Crippen molar-refractivity contribution in [3.8, 4) is 0 Å². The van der Waals surface area contributed by atoms with Crippen LogP contribution in [0.5, 0.6) is 0 Å². The van der Waals surface area contributed by atoms with Crippen LogP contribution in [0.2, 0.25) is 0 Å². The monoisotopic (exact) mass is 557 g/mol. The maximum atomic E-state index is 14.0. The smallest absolute Gasteiger partial charge is 0.244 e. The number of amides is 2. The molecule has 39 heavy (non-hydrogen) atoms. The van der Waals surface area contributed by atoms with Crippen molar-refractivity contribution in [2.24, 2.45) is 0 Å². The van der Waals surface area contributed by atoms with Gasteiger partial charge in [-0.15, -0.1) is 0 Å². The maximum Gasteiger partial charge on any atom is 0.244 e. The van der Waals surface area contributed by atoms with E-state index in [1.807, 2.05) is 61.5 Å². The molecule has 1 unspecified atom stereocenters. The minimum Gasteiger partial charge on any atom is -0.352 e. The van der Waals surface area contributed by atoms with Crippen molar-refractivity contribution in [1.82, 2.24) is 10.2 Å². The summed E-state index contributed by atoms with van der Waals surface area (Å²) in [5.74, 6) is -3.46. The average molecular weight is 558 g/mol. The van der Waals surface area contributed by atoms with E-state index in [0.717, 1.165) is 41.1 Å². The van der Waals surface area contributed by atoms with Gasteiger partial charge in [0, 0.05) is 25.1 Å². The second kappa shape index (κ2) is 12.8. The van der Waals surface area contributed by atoms with Gasteiger partial charge in [0.2, 0.25) is 21.8 Å². The summed E-state index contributed by atoms with van der Waals surface area (Å²) >= 11 is 0. The second-order valence-electron chi connectivity index (χ2n) is 9.75. The number of rotatable bonds is 11. The molecule has 0 aliphatic heterocycles. The molecule has 0 aromatic heterocycles. The van der Waals surface area contributed by atoms with E-state index < -0.39 is 46.1 Å². The van der Waals surface area contributed by atoms with Crippen LogP contribution in [-0.4, -0.2) is 50.0 Å². The average Bonchev–Trinajstić information content (AvgIpc) is 2.86. The number of hydrogen-bond donors (Lipinski definition) is 1. The van der Waals surface area contributed by atoms with Gasteiger partial charge in [0.15, 0.2) is 11.6 Å².